The van der Waals surface area contributed by atoms with Crippen LogP contribution in [0.2, 0.25) is 0 Å². The maximum absolute atomic E-state index is 11.2. The standard InChI is InChI=1S/C8H7Cl2N3O3/c1-4(14)5(8(15)16)6(7(9)10)13-3-11-2-12-13/h2-3,5H,1H3,(H,15,16). The fourth-order valence-corrected chi connectivity index (χ4v) is 1.54. The van der Waals surface area contributed by atoms with Crippen molar-refractivity contribution in [2.45, 2.75) is 6.92 Å². The number of aromatic nitrogens is 3. The van der Waals surface area contributed by atoms with E-state index in [4.69, 9.17) is 28.3 Å². The highest BCUT2D eigenvalue weighted by Gasteiger charge is 2.31. The topological polar surface area (TPSA) is 85.1 Å². The number of carboxylic acid groups (broad SMARTS) is 1. The minimum atomic E-state index is -1.47. The Kier molecular flexibility index (Phi) is 4.03. The van der Waals surface area contributed by atoms with Gasteiger partial charge in [-0.05, 0) is 6.92 Å². The third kappa shape index (κ3) is 2.59. The number of nitrogens with zero attached hydrogens (tertiary/aromatic N) is 3. The largest absolute Gasteiger partial charge is 0.480 e. The molecule has 1 heterocycles. The molecule has 8 heteroatoms. The van der Waals surface area contributed by atoms with Gasteiger partial charge < -0.3 is 5.11 Å². The molecule has 6 nitrogen and oxygen atoms in total. The Morgan fingerprint density at radius 2 is 2.06 bits per heavy atom. The average Bonchev–Trinajstić information content (AvgIpc) is 2.64. The smallest absolute Gasteiger partial charge is 0.320 e. The van der Waals surface area contributed by atoms with Gasteiger partial charge in [0.25, 0.3) is 0 Å². The minimum absolute atomic E-state index is 0.124. The summed E-state index contributed by atoms with van der Waals surface area (Å²) in [5.74, 6) is -3.42. The Bertz CT molecular complexity index is 423. The quantitative estimate of drug-likeness (QED) is 0.825. The summed E-state index contributed by atoms with van der Waals surface area (Å²) in [5, 5.41) is 12.6. The van der Waals surface area contributed by atoms with E-state index in [1.165, 1.54) is 12.7 Å². The Morgan fingerprint density at radius 3 is 2.38 bits per heavy atom. The van der Waals surface area contributed by atoms with Crippen LogP contribution < -0.4 is 0 Å². The van der Waals surface area contributed by atoms with Gasteiger partial charge in [0, 0.05) is 0 Å². The predicted molar refractivity (Wildman–Crippen MR) is 56.8 cm³/mol. The predicted octanol–water partition coefficient (Wildman–Crippen LogP) is 1.17. The Hall–Kier alpha value is -1.40. The molecule has 0 saturated carbocycles. The second-order valence-corrected chi connectivity index (χ2v) is 3.82. The van der Waals surface area contributed by atoms with Crippen molar-refractivity contribution in [3.05, 3.63) is 17.1 Å². The van der Waals surface area contributed by atoms with Crippen LogP contribution in [0.5, 0.6) is 0 Å². The first-order valence-corrected chi connectivity index (χ1v) is 4.84. The second kappa shape index (κ2) is 5.09. The third-order valence-electron chi connectivity index (χ3n) is 1.79. The summed E-state index contributed by atoms with van der Waals surface area (Å²) in [6, 6.07) is 0. The van der Waals surface area contributed by atoms with E-state index in [1.54, 1.807) is 0 Å². The molecule has 0 aliphatic heterocycles. The molecule has 0 aliphatic carbocycles. The highest BCUT2D eigenvalue weighted by molar-refractivity contribution is 6.58. The summed E-state index contributed by atoms with van der Waals surface area (Å²) in [7, 11) is 0. The van der Waals surface area contributed by atoms with Gasteiger partial charge in [-0.25, -0.2) is 9.67 Å². The number of ketones is 1. The number of hydrogen-bond acceptors (Lipinski definition) is 4. The number of hydrogen-bond donors (Lipinski definition) is 1. The first-order chi connectivity index (χ1) is 7.45. The fourth-order valence-electron chi connectivity index (χ4n) is 1.14. The first kappa shape index (κ1) is 12.7. The molecular weight excluding hydrogens is 257 g/mol. The maximum Gasteiger partial charge on any atom is 0.320 e. The molecule has 1 unspecified atom stereocenters. The fraction of sp³-hybridized carbons (Fsp3) is 0.250. The van der Waals surface area contributed by atoms with Crippen LogP contribution in [-0.4, -0.2) is 31.6 Å². The molecular formula is C8H7Cl2N3O3. The van der Waals surface area contributed by atoms with Crippen LogP contribution in [0.3, 0.4) is 0 Å². The Labute approximate surface area is 100 Å². The zero-order valence-electron chi connectivity index (χ0n) is 8.09. The molecule has 0 bridgehead atoms. The van der Waals surface area contributed by atoms with Crippen LogP contribution >= 0.6 is 23.2 Å². The van der Waals surface area contributed by atoms with Crippen LogP contribution in [0.15, 0.2) is 17.1 Å². The maximum atomic E-state index is 11.2. The second-order valence-electron chi connectivity index (χ2n) is 2.87. The van der Waals surface area contributed by atoms with Gasteiger partial charge in [-0.2, -0.15) is 5.10 Å². The Balaban J connectivity index is 3.28. The van der Waals surface area contributed by atoms with Gasteiger partial charge in [-0.3, -0.25) is 9.59 Å². The van der Waals surface area contributed by atoms with Crippen LogP contribution in [-0.2, 0) is 9.59 Å². The molecule has 1 rings (SSSR count). The first-order valence-electron chi connectivity index (χ1n) is 4.08. The van der Waals surface area contributed by atoms with E-state index in [0.29, 0.717) is 0 Å². The van der Waals surface area contributed by atoms with E-state index in [9.17, 15) is 9.59 Å². The number of carbonyl (C=O) groups excluding carboxylic acids is 1. The Morgan fingerprint density at radius 1 is 1.44 bits per heavy atom. The molecule has 1 N–H and O–H groups in total. The van der Waals surface area contributed by atoms with E-state index in [1.807, 2.05) is 0 Å². The zero-order chi connectivity index (χ0) is 12.3. The lowest BCUT2D eigenvalue weighted by Gasteiger charge is -2.13. The summed E-state index contributed by atoms with van der Waals surface area (Å²) in [5.41, 5.74) is -0.124. The van der Waals surface area contributed by atoms with Gasteiger partial charge in [-0.1, -0.05) is 23.2 Å². The van der Waals surface area contributed by atoms with Gasteiger partial charge in [0.05, 0.1) is 5.70 Å². The number of carboxylic acids is 1. The minimum Gasteiger partial charge on any atom is -0.480 e. The average molecular weight is 264 g/mol. The monoisotopic (exact) mass is 263 g/mol. The summed E-state index contributed by atoms with van der Waals surface area (Å²) >= 11 is 11.1. The van der Waals surface area contributed by atoms with Crippen molar-refractivity contribution >= 4 is 40.7 Å². The van der Waals surface area contributed by atoms with Crippen molar-refractivity contribution in [3.63, 3.8) is 0 Å². The highest BCUT2D eigenvalue weighted by atomic mass is 35.5. The van der Waals surface area contributed by atoms with E-state index in [-0.39, 0.29) is 10.2 Å². The molecule has 1 aromatic rings. The van der Waals surface area contributed by atoms with Crippen molar-refractivity contribution in [1.82, 2.24) is 14.8 Å². The number of carbonyl (C=O) groups is 2. The number of halogens is 2. The van der Waals surface area contributed by atoms with Gasteiger partial charge >= 0.3 is 5.97 Å². The lowest BCUT2D eigenvalue weighted by molar-refractivity contribution is -0.143. The summed E-state index contributed by atoms with van der Waals surface area (Å²) < 4.78 is 0.711. The van der Waals surface area contributed by atoms with Crippen LogP contribution in [0.25, 0.3) is 5.70 Å². The van der Waals surface area contributed by atoms with Crippen molar-refractivity contribution in [3.8, 4) is 0 Å². The number of aliphatic carboxylic acids is 1. The normalized spacial score (nSPS) is 11.9. The van der Waals surface area contributed by atoms with Gasteiger partial charge in [0.1, 0.15) is 22.9 Å². The molecule has 0 amide bonds. The van der Waals surface area contributed by atoms with E-state index in [0.717, 1.165) is 11.6 Å². The van der Waals surface area contributed by atoms with Crippen LogP contribution in [0.4, 0.5) is 0 Å². The number of Topliss-reactive ketones (excluding diaryl/α,β-unsaturated/α-hetero) is 1. The van der Waals surface area contributed by atoms with Crippen molar-refractivity contribution < 1.29 is 14.7 Å². The molecule has 0 radical (unpaired) electrons. The van der Waals surface area contributed by atoms with E-state index in [2.05, 4.69) is 10.1 Å². The summed E-state index contributed by atoms with van der Waals surface area (Å²) in [4.78, 5) is 25.8. The molecule has 0 fully saturated rings. The van der Waals surface area contributed by atoms with Crippen molar-refractivity contribution in [2.24, 2.45) is 5.92 Å². The molecule has 86 valence electrons. The van der Waals surface area contributed by atoms with E-state index >= 15 is 0 Å². The molecule has 16 heavy (non-hydrogen) atoms. The molecule has 1 atom stereocenters. The number of rotatable bonds is 4. The van der Waals surface area contributed by atoms with Crippen molar-refractivity contribution in [1.29, 1.82) is 0 Å². The van der Waals surface area contributed by atoms with Gasteiger partial charge in [-0.15, -0.1) is 0 Å². The molecule has 0 saturated heterocycles. The van der Waals surface area contributed by atoms with Gasteiger partial charge in [0.2, 0.25) is 0 Å². The van der Waals surface area contributed by atoms with Crippen LogP contribution in [0.1, 0.15) is 6.92 Å². The highest BCUT2D eigenvalue weighted by Crippen LogP contribution is 2.26. The molecule has 1 aromatic heterocycles. The van der Waals surface area contributed by atoms with Crippen molar-refractivity contribution in [2.75, 3.05) is 0 Å². The third-order valence-corrected chi connectivity index (χ3v) is 2.17. The SMILES string of the molecule is CC(=O)C(C(=O)O)C(=C(Cl)Cl)n1cncn1. The van der Waals surface area contributed by atoms with Crippen LogP contribution in [0, 0.1) is 5.92 Å². The molecule has 0 spiro atoms. The lowest BCUT2D eigenvalue weighted by Crippen LogP contribution is -2.26. The lowest BCUT2D eigenvalue weighted by atomic mass is 10.0. The summed E-state index contributed by atoms with van der Waals surface area (Å²) in [6.45, 7) is 1.13. The zero-order valence-corrected chi connectivity index (χ0v) is 9.61. The summed E-state index contributed by atoms with van der Waals surface area (Å²) in [6.07, 6.45) is 2.38. The molecule has 0 aromatic carbocycles. The molecule has 0 aliphatic rings. The van der Waals surface area contributed by atoms with Gasteiger partial charge in [0.15, 0.2) is 5.92 Å². The van der Waals surface area contributed by atoms with E-state index < -0.39 is 17.7 Å².